The first-order chi connectivity index (χ1) is 33.9. The number of rotatable bonds is 12. The van der Waals surface area contributed by atoms with E-state index in [0.29, 0.717) is 105 Å². The fourth-order valence-electron chi connectivity index (χ4n) is 10.1. The monoisotopic (exact) mass is 990 g/mol. The van der Waals surface area contributed by atoms with Gasteiger partial charge in [0.25, 0.3) is 11.1 Å². The van der Waals surface area contributed by atoms with Crippen LogP contribution in [0.1, 0.15) is 111 Å². The number of aryl methyl sites for hydroxylation is 2. The molecule has 2 saturated heterocycles. The predicted molar refractivity (Wildman–Crippen MR) is 271 cm³/mol. The average Bonchev–Trinajstić information content (AvgIpc) is 3.78. The van der Waals surface area contributed by atoms with E-state index in [2.05, 4.69) is 25.1 Å². The molecule has 1 atom stereocenters. The maximum absolute atomic E-state index is 14.3. The Bertz CT molecular complexity index is 3130. The van der Waals surface area contributed by atoms with Gasteiger partial charge in [0.2, 0.25) is 0 Å². The van der Waals surface area contributed by atoms with Gasteiger partial charge in [-0.15, -0.1) is 0 Å². The third-order valence-electron chi connectivity index (χ3n) is 14.1. The molecule has 4 aromatic heterocycles. The number of aromatic nitrogens is 5. The maximum atomic E-state index is 14.3. The number of pyridine rings is 1. The van der Waals surface area contributed by atoms with Gasteiger partial charge in [0.1, 0.15) is 36.0 Å². The Hall–Kier alpha value is -6.69. The zero-order chi connectivity index (χ0) is 48.9. The summed E-state index contributed by atoms with van der Waals surface area (Å²) in [4.78, 5) is 40.2. The number of aliphatic hydroxyl groups excluding tert-OH is 1. The van der Waals surface area contributed by atoms with Crippen molar-refractivity contribution in [2.24, 2.45) is 11.1 Å². The largest absolute Gasteiger partial charge is 0.485 e. The molecule has 72 heavy (non-hydrogen) atoms. The summed E-state index contributed by atoms with van der Waals surface area (Å²) in [6.45, 7) is 9.42. The van der Waals surface area contributed by atoms with Crippen LogP contribution >= 0.6 is 0 Å². The molecule has 3 aromatic carbocycles. The predicted octanol–water partition coefficient (Wildman–Crippen LogP) is 9.35. The number of piperidine rings is 2. The topological polar surface area (TPSA) is 164 Å². The van der Waals surface area contributed by atoms with Gasteiger partial charge in [0, 0.05) is 83.3 Å². The normalized spacial score (nSPS) is 16.9. The summed E-state index contributed by atoms with van der Waals surface area (Å²) < 4.78 is 55.5. The molecule has 7 heterocycles. The molecule has 1 unspecified atom stereocenters. The van der Waals surface area contributed by atoms with Crippen molar-refractivity contribution in [3.8, 4) is 5.75 Å². The summed E-state index contributed by atoms with van der Waals surface area (Å²) in [7, 11) is 0. The van der Waals surface area contributed by atoms with Crippen molar-refractivity contribution in [3.05, 3.63) is 168 Å². The number of oxime groups is 1. The molecule has 2 fully saturated rings. The Morgan fingerprint density at radius 3 is 2.12 bits per heavy atom. The van der Waals surface area contributed by atoms with Crippen molar-refractivity contribution in [3.63, 3.8) is 0 Å². The highest BCUT2D eigenvalue weighted by Gasteiger charge is 2.29. The molecule has 0 radical (unpaired) electrons. The lowest BCUT2D eigenvalue weighted by Crippen LogP contribution is -2.38. The number of halogens is 3. The Labute approximate surface area is 417 Å². The highest BCUT2D eigenvalue weighted by Crippen LogP contribution is 2.33. The van der Waals surface area contributed by atoms with E-state index in [0.717, 1.165) is 78.9 Å². The van der Waals surface area contributed by atoms with E-state index in [1.54, 1.807) is 22.9 Å². The molecule has 382 valence electrons. The quantitative estimate of drug-likeness (QED) is 0.0681. The minimum Gasteiger partial charge on any atom is -0.485 e. The van der Waals surface area contributed by atoms with Gasteiger partial charge in [-0.1, -0.05) is 55.5 Å². The molecule has 14 nitrogen and oxygen atoms in total. The second kappa shape index (κ2) is 23.7. The average molecular weight is 991 g/mol. The Morgan fingerprint density at radius 2 is 1.43 bits per heavy atom. The molecule has 0 saturated carbocycles. The number of likely N-dealkylation sites (tertiary alicyclic amines) is 2. The lowest BCUT2D eigenvalue weighted by Gasteiger charge is -2.32. The first-order valence-electron chi connectivity index (χ1n) is 24.1. The highest BCUT2D eigenvalue weighted by atomic mass is 19.1. The molecule has 0 spiro atoms. The van der Waals surface area contributed by atoms with E-state index < -0.39 is 17.7 Å². The maximum Gasteiger partial charge on any atom is 0.261 e. The van der Waals surface area contributed by atoms with E-state index >= 15 is 0 Å². The molecular formula is C55H65F3N8O6. The Kier molecular flexibility index (Phi) is 17.5. The number of hydrogen-bond acceptors (Lipinski definition) is 12. The molecule has 10 rings (SSSR count). The highest BCUT2D eigenvalue weighted by molar-refractivity contribution is 6.02. The summed E-state index contributed by atoms with van der Waals surface area (Å²) in [5.41, 5.74) is 5.99. The summed E-state index contributed by atoms with van der Waals surface area (Å²) in [6, 6.07) is 21.3. The summed E-state index contributed by atoms with van der Waals surface area (Å²) in [5, 5.41) is 28.2. The number of benzene rings is 3. The van der Waals surface area contributed by atoms with Crippen molar-refractivity contribution in [2.75, 3.05) is 39.3 Å². The molecule has 2 N–H and O–H groups in total. The second-order valence-electron chi connectivity index (χ2n) is 18.5. The molecule has 0 bridgehead atoms. The van der Waals surface area contributed by atoms with Crippen LogP contribution in [0.25, 0.3) is 16.6 Å². The smallest absolute Gasteiger partial charge is 0.261 e. The van der Waals surface area contributed by atoms with Crippen LogP contribution in [0.15, 0.2) is 104 Å². The number of nitrogens with zero attached hydrogens (tertiary/aromatic N) is 8. The molecule has 7 aromatic rings. The van der Waals surface area contributed by atoms with E-state index in [9.17, 15) is 33.1 Å². The molecular weight excluding hydrogens is 926 g/mol. The lowest BCUT2D eigenvalue weighted by molar-refractivity contribution is 0.129. The molecule has 0 amide bonds. The van der Waals surface area contributed by atoms with E-state index in [4.69, 9.17) is 14.2 Å². The standard InChI is InChI=1S/C30H30F2N4O3.C23H27FN4O3.2CH4/c1-20-24(30(37)36-14-5-8-27(29(36)33-20)39-19-21-6-3-2-4-7-21)13-17-35-15-11-22(12-16-35)28(34-38)25-10-9-23(31)18-26(25)32;1-14-17(23(30)28-9-2-3-19(29)22(28)25-14)8-12-27-10-6-15(7-11-27)21-18-5-4-16(24)13-20(18)31-26-21;;/h2-10,14,18,22,38H,11-13,15-17,19H2,1H3;4-5,13,15,19,29H,2-3,6-12H2,1H3;2*1H4/b34-28-;;;. The minimum absolute atomic E-state index is 0. The summed E-state index contributed by atoms with van der Waals surface area (Å²) in [6.07, 6.45) is 6.94. The van der Waals surface area contributed by atoms with Crippen molar-refractivity contribution in [2.45, 2.75) is 105 Å². The Balaban J connectivity index is 0.000000210. The van der Waals surface area contributed by atoms with Crippen LogP contribution in [-0.4, -0.2) is 89.2 Å². The number of hydrogen-bond donors (Lipinski definition) is 2. The van der Waals surface area contributed by atoms with Gasteiger partial charge >= 0.3 is 0 Å². The van der Waals surface area contributed by atoms with Crippen molar-refractivity contribution < 1.29 is 32.7 Å². The first kappa shape index (κ1) is 53.1. The SMILES string of the molecule is C.C.Cc1nc2c(OCc3ccccc3)cccn2c(=O)c1CCN1CCC(/C(=N/O)c2ccc(F)cc2F)CC1.Cc1nc2n(c(=O)c1CCN1CCC(c3noc4cc(F)ccc34)CC1)CCCC2O. The fourth-order valence-corrected chi connectivity index (χ4v) is 10.1. The van der Waals surface area contributed by atoms with Gasteiger partial charge in [-0.25, -0.2) is 23.1 Å². The van der Waals surface area contributed by atoms with Crippen LogP contribution in [0.5, 0.6) is 5.75 Å². The van der Waals surface area contributed by atoms with Gasteiger partial charge in [-0.05, 0) is 133 Å². The number of aliphatic hydroxyl groups is 1. The van der Waals surface area contributed by atoms with E-state index in [-0.39, 0.29) is 49.0 Å². The number of fused-ring (bicyclic) bond motifs is 3. The van der Waals surface area contributed by atoms with Crippen LogP contribution in [0.3, 0.4) is 0 Å². The second-order valence-corrected chi connectivity index (χ2v) is 18.5. The minimum atomic E-state index is -0.737. The third-order valence-corrected chi connectivity index (χ3v) is 14.1. The summed E-state index contributed by atoms with van der Waals surface area (Å²) >= 11 is 0. The van der Waals surface area contributed by atoms with Gasteiger partial charge in [0.05, 0.1) is 11.4 Å². The zero-order valence-corrected chi connectivity index (χ0v) is 39.4. The first-order valence-corrected chi connectivity index (χ1v) is 24.1. The van der Waals surface area contributed by atoms with Crippen LogP contribution < -0.4 is 15.9 Å². The fraction of sp³-hybridized carbons (Fsp3) is 0.418. The van der Waals surface area contributed by atoms with Crippen LogP contribution in [0, 0.1) is 37.2 Å². The third kappa shape index (κ3) is 11.6. The van der Waals surface area contributed by atoms with Gasteiger partial charge in [0.15, 0.2) is 17.0 Å². The van der Waals surface area contributed by atoms with E-state index in [1.165, 1.54) is 22.6 Å². The number of ether oxygens (including phenoxy) is 1. The molecule has 3 aliphatic heterocycles. The molecule has 3 aliphatic rings. The van der Waals surface area contributed by atoms with E-state index in [1.807, 2.05) is 50.2 Å². The van der Waals surface area contributed by atoms with Crippen molar-refractivity contribution >= 4 is 22.3 Å². The molecule has 0 aliphatic carbocycles. The van der Waals surface area contributed by atoms with Crippen LogP contribution in [-0.2, 0) is 26.0 Å². The molecule has 17 heteroatoms. The van der Waals surface area contributed by atoms with Gasteiger partial charge < -0.3 is 29.4 Å². The van der Waals surface area contributed by atoms with Crippen molar-refractivity contribution in [1.82, 2.24) is 33.9 Å². The summed E-state index contributed by atoms with van der Waals surface area (Å²) in [5.74, 6) is -0.515. The van der Waals surface area contributed by atoms with Gasteiger partial charge in [-0.3, -0.25) is 18.6 Å². The Morgan fingerprint density at radius 1 is 0.778 bits per heavy atom. The lowest BCUT2D eigenvalue weighted by atomic mass is 9.88. The van der Waals surface area contributed by atoms with Crippen molar-refractivity contribution in [1.29, 1.82) is 0 Å². The van der Waals surface area contributed by atoms with Crippen LogP contribution in [0.2, 0.25) is 0 Å². The van der Waals surface area contributed by atoms with Crippen LogP contribution in [0.4, 0.5) is 13.2 Å². The zero-order valence-electron chi connectivity index (χ0n) is 39.4. The van der Waals surface area contributed by atoms with Gasteiger partial charge in [-0.2, -0.15) is 0 Å².